The van der Waals surface area contributed by atoms with E-state index in [4.69, 9.17) is 26.2 Å². The Morgan fingerprint density at radius 1 is 1.14 bits per heavy atom. The number of hydrazone groups is 1. The van der Waals surface area contributed by atoms with Gasteiger partial charge in [-0.3, -0.25) is 4.98 Å². The van der Waals surface area contributed by atoms with Crippen LogP contribution in [0.25, 0.3) is 0 Å². The van der Waals surface area contributed by atoms with Crippen molar-refractivity contribution >= 4 is 17.3 Å². The highest BCUT2D eigenvalue weighted by Gasteiger charge is 2.42. The second-order valence-corrected chi connectivity index (χ2v) is 7.23. The molecule has 0 radical (unpaired) electrons. The van der Waals surface area contributed by atoms with Crippen LogP contribution < -0.4 is 9.47 Å². The SMILES string of the molecule is COc1cccc2c1O[C@@H](c1cccc(Cl)c1)N1N=C(c3cccnc3)C[C@H]21. The molecule has 0 unspecified atom stereocenters. The summed E-state index contributed by atoms with van der Waals surface area (Å²) in [6, 6.07) is 17.7. The number of aromatic nitrogens is 1. The molecule has 0 spiro atoms. The third kappa shape index (κ3) is 2.79. The number of benzene rings is 2. The number of ether oxygens (including phenoxy) is 2. The molecule has 2 aliphatic heterocycles. The lowest BCUT2D eigenvalue weighted by Crippen LogP contribution is -2.33. The first-order valence-corrected chi connectivity index (χ1v) is 9.47. The highest BCUT2D eigenvalue weighted by atomic mass is 35.5. The van der Waals surface area contributed by atoms with Crippen LogP contribution in [0.1, 0.15) is 35.4 Å². The number of methoxy groups -OCH3 is 1. The zero-order valence-corrected chi connectivity index (χ0v) is 16.0. The van der Waals surface area contributed by atoms with Gasteiger partial charge in [-0.1, -0.05) is 41.9 Å². The first kappa shape index (κ1) is 17.1. The van der Waals surface area contributed by atoms with Gasteiger partial charge in [0.2, 0.25) is 6.23 Å². The number of hydrogen-bond acceptors (Lipinski definition) is 5. The largest absolute Gasteiger partial charge is 0.493 e. The monoisotopic (exact) mass is 391 g/mol. The van der Waals surface area contributed by atoms with Crippen LogP contribution in [0.2, 0.25) is 5.02 Å². The minimum absolute atomic E-state index is 0.0537. The molecule has 5 rings (SSSR count). The Morgan fingerprint density at radius 3 is 2.82 bits per heavy atom. The highest BCUT2D eigenvalue weighted by Crippen LogP contribution is 2.50. The molecule has 140 valence electrons. The molecule has 0 fully saturated rings. The molecule has 0 N–H and O–H groups in total. The van der Waals surface area contributed by atoms with E-state index in [2.05, 4.69) is 11.1 Å². The van der Waals surface area contributed by atoms with Crippen molar-refractivity contribution in [3.8, 4) is 11.5 Å². The van der Waals surface area contributed by atoms with Crippen molar-refractivity contribution in [1.29, 1.82) is 0 Å². The van der Waals surface area contributed by atoms with Crippen LogP contribution in [0.4, 0.5) is 0 Å². The van der Waals surface area contributed by atoms with Crippen molar-refractivity contribution in [2.24, 2.45) is 5.10 Å². The molecule has 0 saturated heterocycles. The van der Waals surface area contributed by atoms with E-state index >= 15 is 0 Å². The average molecular weight is 392 g/mol. The lowest BCUT2D eigenvalue weighted by Gasteiger charge is -2.38. The van der Waals surface area contributed by atoms with Crippen LogP contribution in [0.15, 0.2) is 72.1 Å². The van der Waals surface area contributed by atoms with Crippen LogP contribution in [0.5, 0.6) is 11.5 Å². The fourth-order valence-corrected chi connectivity index (χ4v) is 4.03. The summed E-state index contributed by atoms with van der Waals surface area (Å²) in [6.07, 6.45) is 4.00. The Balaban J connectivity index is 1.64. The molecule has 2 aromatic carbocycles. The van der Waals surface area contributed by atoms with Gasteiger partial charge in [-0.25, -0.2) is 5.01 Å². The number of halogens is 1. The van der Waals surface area contributed by atoms with Crippen molar-refractivity contribution in [3.05, 3.63) is 88.7 Å². The van der Waals surface area contributed by atoms with Gasteiger partial charge >= 0.3 is 0 Å². The fraction of sp³-hybridized carbons (Fsp3) is 0.182. The van der Waals surface area contributed by atoms with Gasteiger partial charge in [0.15, 0.2) is 11.5 Å². The third-order valence-electron chi connectivity index (χ3n) is 5.13. The summed E-state index contributed by atoms with van der Waals surface area (Å²) in [5.74, 6) is 1.48. The van der Waals surface area contributed by atoms with E-state index in [-0.39, 0.29) is 12.3 Å². The Hall–Kier alpha value is -3.05. The van der Waals surface area contributed by atoms with Crippen LogP contribution >= 0.6 is 11.6 Å². The lowest BCUT2D eigenvalue weighted by atomic mass is 9.96. The van der Waals surface area contributed by atoms with E-state index in [1.54, 1.807) is 13.3 Å². The van der Waals surface area contributed by atoms with E-state index in [1.807, 2.05) is 59.7 Å². The van der Waals surface area contributed by atoms with Crippen LogP contribution in [-0.4, -0.2) is 22.8 Å². The molecular formula is C22H18ClN3O2. The van der Waals surface area contributed by atoms with Crippen molar-refractivity contribution in [2.45, 2.75) is 18.7 Å². The van der Waals surface area contributed by atoms with Crippen molar-refractivity contribution < 1.29 is 9.47 Å². The number of rotatable bonds is 3. The quantitative estimate of drug-likeness (QED) is 0.631. The summed E-state index contributed by atoms with van der Waals surface area (Å²) in [7, 11) is 1.66. The number of hydrogen-bond donors (Lipinski definition) is 0. The molecule has 3 heterocycles. The van der Waals surface area contributed by atoms with Crippen LogP contribution in [-0.2, 0) is 0 Å². The molecule has 3 aromatic rings. The van der Waals surface area contributed by atoms with Crippen LogP contribution in [0, 0.1) is 0 Å². The lowest BCUT2D eigenvalue weighted by molar-refractivity contribution is -0.0208. The molecule has 0 saturated carbocycles. The summed E-state index contributed by atoms with van der Waals surface area (Å²) in [5.41, 5.74) is 4.03. The minimum Gasteiger partial charge on any atom is -0.493 e. The van der Waals surface area contributed by atoms with Crippen LogP contribution in [0.3, 0.4) is 0 Å². The van der Waals surface area contributed by atoms with Gasteiger partial charge < -0.3 is 9.47 Å². The maximum atomic E-state index is 6.41. The first-order chi connectivity index (χ1) is 13.7. The normalized spacial score (nSPS) is 20.1. The number of fused-ring (bicyclic) bond motifs is 3. The molecular weight excluding hydrogens is 374 g/mol. The molecule has 2 aliphatic rings. The number of para-hydroxylation sites is 1. The topological polar surface area (TPSA) is 47.0 Å². The predicted octanol–water partition coefficient (Wildman–Crippen LogP) is 4.99. The fourth-order valence-electron chi connectivity index (χ4n) is 3.83. The Bertz CT molecular complexity index is 1050. The van der Waals surface area contributed by atoms with Gasteiger partial charge in [0.1, 0.15) is 0 Å². The van der Waals surface area contributed by atoms with Gasteiger partial charge in [0, 0.05) is 40.5 Å². The second-order valence-electron chi connectivity index (χ2n) is 6.79. The maximum Gasteiger partial charge on any atom is 0.214 e. The molecule has 6 heteroatoms. The molecule has 0 bridgehead atoms. The summed E-state index contributed by atoms with van der Waals surface area (Å²) in [4.78, 5) is 4.24. The molecule has 1 aromatic heterocycles. The predicted molar refractivity (Wildman–Crippen MR) is 108 cm³/mol. The van der Waals surface area contributed by atoms with Crippen molar-refractivity contribution in [1.82, 2.24) is 9.99 Å². The Labute approximate surface area is 168 Å². The van der Waals surface area contributed by atoms with Gasteiger partial charge in [-0.15, -0.1) is 0 Å². The summed E-state index contributed by atoms with van der Waals surface area (Å²) >= 11 is 6.25. The standard InChI is InChI=1S/C22H18ClN3O2/c1-27-20-9-3-8-17-19-12-18(15-6-4-10-24-13-15)25-26(19)22(28-21(17)20)14-5-2-7-16(23)11-14/h2-11,13,19,22H,12H2,1H3/t19-,22+/m1/s1. The molecule has 0 amide bonds. The van der Waals surface area contributed by atoms with E-state index in [0.29, 0.717) is 5.02 Å². The molecule has 0 aliphatic carbocycles. The third-order valence-corrected chi connectivity index (χ3v) is 5.36. The minimum atomic E-state index is -0.387. The zero-order valence-electron chi connectivity index (χ0n) is 15.2. The first-order valence-electron chi connectivity index (χ1n) is 9.10. The van der Waals surface area contributed by atoms with Gasteiger partial charge in [-0.2, -0.15) is 5.10 Å². The Morgan fingerprint density at radius 2 is 2.04 bits per heavy atom. The summed E-state index contributed by atoms with van der Waals surface area (Å²) in [6.45, 7) is 0. The van der Waals surface area contributed by atoms with E-state index in [1.165, 1.54) is 0 Å². The van der Waals surface area contributed by atoms with E-state index < -0.39 is 0 Å². The van der Waals surface area contributed by atoms with E-state index in [0.717, 1.165) is 40.3 Å². The van der Waals surface area contributed by atoms with Gasteiger partial charge in [0.05, 0.1) is 18.9 Å². The highest BCUT2D eigenvalue weighted by molar-refractivity contribution is 6.30. The molecule has 28 heavy (non-hydrogen) atoms. The second kappa shape index (κ2) is 6.84. The van der Waals surface area contributed by atoms with Crippen molar-refractivity contribution in [2.75, 3.05) is 7.11 Å². The van der Waals surface area contributed by atoms with E-state index in [9.17, 15) is 0 Å². The zero-order chi connectivity index (χ0) is 19.1. The average Bonchev–Trinajstić information content (AvgIpc) is 3.19. The molecule has 2 atom stereocenters. The summed E-state index contributed by atoms with van der Waals surface area (Å²) in [5, 5.41) is 7.61. The Kier molecular flexibility index (Phi) is 4.17. The van der Waals surface area contributed by atoms with Gasteiger partial charge in [-0.05, 0) is 24.3 Å². The van der Waals surface area contributed by atoms with Crippen molar-refractivity contribution in [3.63, 3.8) is 0 Å². The van der Waals surface area contributed by atoms with Gasteiger partial charge in [0.25, 0.3) is 0 Å². The molecule has 5 nitrogen and oxygen atoms in total. The number of nitrogens with zero attached hydrogens (tertiary/aromatic N) is 3. The smallest absolute Gasteiger partial charge is 0.214 e. The number of pyridine rings is 1. The maximum absolute atomic E-state index is 6.41. The summed E-state index contributed by atoms with van der Waals surface area (Å²) < 4.78 is 12.0.